The number of allylic oxidation sites excluding steroid dienone is 3. The van der Waals surface area contributed by atoms with Crippen LogP contribution in [-0.2, 0) is 0 Å². The van der Waals surface area contributed by atoms with Crippen molar-refractivity contribution in [1.82, 2.24) is 0 Å². The first-order valence-electron chi connectivity index (χ1n) is 2.25. The molecule has 0 heterocycles. The van der Waals surface area contributed by atoms with E-state index in [9.17, 15) is 4.39 Å². The van der Waals surface area contributed by atoms with E-state index in [1.54, 1.807) is 6.07 Å². The van der Waals surface area contributed by atoms with E-state index in [4.69, 9.17) is 5.26 Å². The van der Waals surface area contributed by atoms with Crippen LogP contribution in [0.3, 0.4) is 0 Å². The number of aliphatic imine (C=N–C) groups is 1. The van der Waals surface area contributed by atoms with Crippen LogP contribution in [0.1, 0.15) is 0 Å². The molecule has 0 spiro atoms. The first-order chi connectivity index (χ1) is 4.41. The maximum atomic E-state index is 11.1. The fourth-order valence-electron chi connectivity index (χ4n) is 0.230. The molecule has 0 aliphatic heterocycles. The second-order valence-corrected chi connectivity index (χ2v) is 1.08. The van der Waals surface area contributed by atoms with Gasteiger partial charge in [-0.3, -0.25) is 0 Å². The summed E-state index contributed by atoms with van der Waals surface area (Å²) in [6.07, 6.45) is 5.43. The monoisotopic (exact) mass is 124 g/mol. The molecule has 0 fully saturated rings. The predicted molar refractivity (Wildman–Crippen MR) is 33.5 cm³/mol. The van der Waals surface area contributed by atoms with Gasteiger partial charge < -0.3 is 0 Å². The Kier molecular flexibility index (Phi) is 5.53. The predicted octanol–water partition coefficient (Wildman–Crippen LogP) is 1.58. The van der Waals surface area contributed by atoms with Gasteiger partial charge in [-0.15, -0.1) is 0 Å². The van der Waals surface area contributed by atoms with Gasteiger partial charge in [-0.2, -0.15) is 9.65 Å². The summed E-state index contributed by atoms with van der Waals surface area (Å²) in [4.78, 5) is 3.11. The van der Waals surface area contributed by atoms with Crippen LogP contribution in [0.15, 0.2) is 29.4 Å². The van der Waals surface area contributed by atoms with Crippen LogP contribution < -0.4 is 0 Å². The van der Waals surface area contributed by atoms with E-state index in [0.717, 1.165) is 0 Å². The van der Waals surface area contributed by atoms with Crippen LogP contribution in [0.5, 0.6) is 0 Å². The molecular weight excluding hydrogens is 119 g/mol. The summed E-state index contributed by atoms with van der Waals surface area (Å²) in [5.41, 5.74) is 0. The van der Waals surface area contributed by atoms with Gasteiger partial charge in [0.15, 0.2) is 6.47 Å². The van der Waals surface area contributed by atoms with Gasteiger partial charge >= 0.3 is 0 Å². The van der Waals surface area contributed by atoms with Gasteiger partial charge in [-0.1, -0.05) is 6.08 Å². The molecule has 9 heavy (non-hydrogen) atoms. The molecule has 0 amide bonds. The third-order valence-corrected chi connectivity index (χ3v) is 0.510. The Morgan fingerprint density at radius 2 is 2.22 bits per heavy atom. The van der Waals surface area contributed by atoms with Crippen molar-refractivity contribution < 1.29 is 4.39 Å². The van der Waals surface area contributed by atoms with Crippen molar-refractivity contribution in [2.45, 2.75) is 0 Å². The zero-order valence-electron chi connectivity index (χ0n) is 4.66. The third-order valence-electron chi connectivity index (χ3n) is 0.510. The zero-order chi connectivity index (χ0) is 6.95. The molecule has 0 aliphatic carbocycles. The van der Waals surface area contributed by atoms with Crippen LogP contribution in [0.25, 0.3) is 0 Å². The molecule has 46 valence electrons. The Hall–Kier alpha value is -1.43. The van der Waals surface area contributed by atoms with Crippen molar-refractivity contribution in [2.75, 3.05) is 0 Å². The average molecular weight is 124 g/mol. The van der Waals surface area contributed by atoms with Crippen molar-refractivity contribution in [3.63, 3.8) is 0 Å². The van der Waals surface area contributed by atoms with Crippen LogP contribution in [0, 0.1) is 11.3 Å². The number of halogens is 1. The van der Waals surface area contributed by atoms with E-state index in [-0.39, 0.29) is 6.47 Å². The Labute approximate surface area is 52.6 Å². The lowest BCUT2D eigenvalue weighted by Gasteiger charge is -1.66. The van der Waals surface area contributed by atoms with Crippen LogP contribution >= 0.6 is 0 Å². The van der Waals surface area contributed by atoms with Crippen molar-refractivity contribution in [1.29, 1.82) is 5.26 Å². The molecule has 0 bridgehead atoms. The summed E-state index contributed by atoms with van der Waals surface area (Å²) in [5, 5.41) is 7.94. The van der Waals surface area contributed by atoms with E-state index in [1.807, 2.05) is 0 Å². The molecule has 0 aromatic heterocycles. The molecule has 0 aromatic carbocycles. The van der Waals surface area contributed by atoms with E-state index in [2.05, 4.69) is 4.99 Å². The quantitative estimate of drug-likeness (QED) is 0.312. The minimum Gasteiger partial charge on any atom is -0.235 e. The first-order valence-corrected chi connectivity index (χ1v) is 2.25. The summed E-state index contributed by atoms with van der Waals surface area (Å²) in [6.45, 7) is 0.177. The lowest BCUT2D eigenvalue weighted by Crippen LogP contribution is -1.51. The highest BCUT2D eigenvalue weighted by Gasteiger charge is 1.60. The number of nitriles is 1. The van der Waals surface area contributed by atoms with Gasteiger partial charge in [-0.25, -0.2) is 4.99 Å². The third kappa shape index (κ3) is 6.57. The fraction of sp³-hybridized carbons (Fsp3) is 0. The van der Waals surface area contributed by atoms with Crippen LogP contribution in [-0.4, -0.2) is 6.47 Å². The van der Waals surface area contributed by atoms with Crippen molar-refractivity contribution in [3.05, 3.63) is 24.4 Å². The zero-order valence-corrected chi connectivity index (χ0v) is 4.66. The second-order valence-electron chi connectivity index (χ2n) is 1.08. The minimum absolute atomic E-state index is 0.177. The number of rotatable bonds is 2. The molecule has 0 aromatic rings. The largest absolute Gasteiger partial charge is 0.235 e. The van der Waals surface area contributed by atoms with Gasteiger partial charge in [0.2, 0.25) is 0 Å². The smallest absolute Gasteiger partial charge is 0.175 e. The van der Waals surface area contributed by atoms with Crippen LogP contribution in [0.2, 0.25) is 0 Å². The van der Waals surface area contributed by atoms with Gasteiger partial charge in [0.1, 0.15) is 0 Å². The summed E-state index contributed by atoms with van der Waals surface area (Å²) in [5.74, 6) is 0. The summed E-state index contributed by atoms with van der Waals surface area (Å²) in [7, 11) is 0. The van der Waals surface area contributed by atoms with Gasteiger partial charge in [0.25, 0.3) is 0 Å². The lowest BCUT2D eigenvalue weighted by molar-refractivity contribution is 0.841. The van der Waals surface area contributed by atoms with E-state index < -0.39 is 0 Å². The Morgan fingerprint density at radius 3 is 2.78 bits per heavy atom. The number of hydrogen-bond acceptors (Lipinski definition) is 2. The van der Waals surface area contributed by atoms with E-state index in [0.29, 0.717) is 0 Å². The molecule has 2 nitrogen and oxygen atoms in total. The molecule has 0 saturated heterocycles. The molecule has 0 saturated carbocycles. The number of nitrogens with zero attached hydrogens (tertiary/aromatic N) is 2. The van der Waals surface area contributed by atoms with Crippen molar-refractivity contribution >= 4 is 6.47 Å². The van der Waals surface area contributed by atoms with Crippen LogP contribution in [0.4, 0.5) is 4.39 Å². The van der Waals surface area contributed by atoms with E-state index >= 15 is 0 Å². The highest BCUT2D eigenvalue weighted by Crippen LogP contribution is 1.76. The summed E-state index contributed by atoms with van der Waals surface area (Å²) < 4.78 is 11.1. The molecule has 3 heteroatoms. The molecule has 0 N–H and O–H groups in total. The summed E-state index contributed by atoms with van der Waals surface area (Å²) >= 11 is 0. The highest BCUT2D eigenvalue weighted by molar-refractivity contribution is 5.45. The fourth-order valence-corrected chi connectivity index (χ4v) is 0.230. The first kappa shape index (κ1) is 7.57. The van der Waals surface area contributed by atoms with Gasteiger partial charge in [-0.05, 0) is 6.08 Å². The molecular formula is C6H5FN2. The molecule has 0 radical (unpaired) electrons. The lowest BCUT2D eigenvalue weighted by atomic mass is 10.5. The van der Waals surface area contributed by atoms with Crippen molar-refractivity contribution in [3.8, 4) is 6.07 Å². The Morgan fingerprint density at radius 1 is 1.44 bits per heavy atom. The Balaban J connectivity index is 3.50. The maximum absolute atomic E-state index is 11.1. The minimum atomic E-state index is 0.177. The SMILES string of the molecule is N#C/C=C/C=C\N=C\F. The topological polar surface area (TPSA) is 36.1 Å². The van der Waals surface area contributed by atoms with Gasteiger partial charge in [0, 0.05) is 12.3 Å². The average Bonchev–Trinajstić information content (AvgIpc) is 1.89. The normalized spacial score (nSPS) is 11.6. The summed E-state index contributed by atoms with van der Waals surface area (Å²) in [6, 6.07) is 1.77. The molecule has 0 atom stereocenters. The standard InChI is InChI=1S/C6H5FN2/c7-6-9-5-3-1-2-4-8/h1-3,5-6H/b2-1+,5-3-,9-6+. The maximum Gasteiger partial charge on any atom is 0.175 e. The van der Waals surface area contributed by atoms with Crippen molar-refractivity contribution in [2.24, 2.45) is 4.99 Å². The van der Waals surface area contributed by atoms with E-state index in [1.165, 1.54) is 24.4 Å². The highest BCUT2D eigenvalue weighted by atomic mass is 19.1. The second kappa shape index (κ2) is 6.57. The molecule has 0 aliphatic rings. The number of hydrogen-bond donors (Lipinski definition) is 0. The Bertz CT molecular complexity index is 174. The van der Waals surface area contributed by atoms with Gasteiger partial charge in [0.05, 0.1) is 6.07 Å². The molecule has 0 unspecified atom stereocenters. The molecule has 0 rings (SSSR count).